The number of nitrogens with one attached hydrogen (secondary N) is 1. The molecule has 0 bridgehead atoms. The number of hydrogen-bond acceptors (Lipinski definition) is 3. The van der Waals surface area contributed by atoms with Crippen LogP contribution >= 0.6 is 11.6 Å². The molecule has 2 rings (SSSR count). The molecule has 1 heterocycles. The van der Waals surface area contributed by atoms with E-state index in [2.05, 4.69) is 10.3 Å². The van der Waals surface area contributed by atoms with Crippen LogP contribution in [-0.4, -0.2) is 28.6 Å². The molecule has 1 aromatic heterocycles. The second kappa shape index (κ2) is 7.11. The summed E-state index contributed by atoms with van der Waals surface area (Å²) >= 11 is 5.96. The Morgan fingerprint density at radius 1 is 1.35 bits per heavy atom. The van der Waals surface area contributed by atoms with Crippen molar-refractivity contribution in [2.45, 2.75) is 26.9 Å². The van der Waals surface area contributed by atoms with Gasteiger partial charge in [-0.3, -0.25) is 4.79 Å². The van der Waals surface area contributed by atoms with E-state index in [-0.39, 0.29) is 17.9 Å². The number of carbonyl (C=O) groups is 1. The van der Waals surface area contributed by atoms with Crippen molar-refractivity contribution >= 4 is 34.5 Å². The van der Waals surface area contributed by atoms with Crippen molar-refractivity contribution < 1.29 is 9.90 Å². The van der Waals surface area contributed by atoms with Gasteiger partial charge in [-0.05, 0) is 29.7 Å². The molecule has 0 saturated carbocycles. The monoisotopic (exact) mass is 332 g/mol. The first kappa shape index (κ1) is 17.4. The number of aliphatic hydroxyl groups excluding tert-OH is 1. The van der Waals surface area contributed by atoms with Crippen LogP contribution in [0.25, 0.3) is 17.0 Å². The van der Waals surface area contributed by atoms with E-state index in [1.165, 1.54) is 6.08 Å². The molecule has 0 aliphatic rings. The number of benzene rings is 1. The molecule has 5 heteroatoms. The van der Waals surface area contributed by atoms with E-state index in [1.54, 1.807) is 12.1 Å². The maximum absolute atomic E-state index is 11.8. The lowest BCUT2D eigenvalue weighted by atomic mass is 9.89. The number of nitrogens with zero attached hydrogens (tertiary/aromatic N) is 1. The molecule has 0 aliphatic heterocycles. The lowest BCUT2D eigenvalue weighted by molar-refractivity contribution is -0.117. The average molecular weight is 333 g/mol. The van der Waals surface area contributed by atoms with Gasteiger partial charge in [0.1, 0.15) is 0 Å². The van der Waals surface area contributed by atoms with Gasteiger partial charge in [-0.25, -0.2) is 4.98 Å². The summed E-state index contributed by atoms with van der Waals surface area (Å²) in [6.45, 7) is 5.98. The molecule has 1 atom stereocenters. The maximum atomic E-state index is 11.8. The number of pyridine rings is 1. The van der Waals surface area contributed by atoms with Crippen LogP contribution in [0.3, 0.4) is 0 Å². The number of hydrogen-bond donors (Lipinski definition) is 2. The first-order valence-electron chi connectivity index (χ1n) is 7.46. The minimum atomic E-state index is -0.596. The number of aromatic nitrogens is 1. The van der Waals surface area contributed by atoms with E-state index < -0.39 is 6.10 Å². The molecular formula is C18H21ClN2O2. The number of halogens is 1. The number of rotatable bonds is 4. The van der Waals surface area contributed by atoms with Crippen LogP contribution in [0.15, 0.2) is 36.4 Å². The summed E-state index contributed by atoms with van der Waals surface area (Å²) in [7, 11) is 0. The van der Waals surface area contributed by atoms with Crippen LogP contribution in [0.2, 0.25) is 5.02 Å². The Morgan fingerprint density at radius 3 is 2.74 bits per heavy atom. The zero-order chi connectivity index (χ0) is 17.0. The lowest BCUT2D eigenvalue weighted by Crippen LogP contribution is -2.38. The number of carbonyl (C=O) groups excluding carboxylic acids is 1. The highest BCUT2D eigenvalue weighted by molar-refractivity contribution is 6.31. The normalized spacial score (nSPS) is 13.4. The van der Waals surface area contributed by atoms with Gasteiger partial charge in [-0.2, -0.15) is 0 Å². The Hall–Kier alpha value is -1.91. The van der Waals surface area contributed by atoms with Gasteiger partial charge in [-0.1, -0.05) is 44.5 Å². The lowest BCUT2D eigenvalue weighted by Gasteiger charge is -2.25. The fourth-order valence-electron chi connectivity index (χ4n) is 1.92. The van der Waals surface area contributed by atoms with E-state index in [4.69, 9.17) is 11.6 Å². The van der Waals surface area contributed by atoms with Gasteiger partial charge >= 0.3 is 0 Å². The van der Waals surface area contributed by atoms with Crippen LogP contribution < -0.4 is 5.32 Å². The molecule has 1 amide bonds. The van der Waals surface area contributed by atoms with Crippen molar-refractivity contribution in [3.8, 4) is 0 Å². The Balaban J connectivity index is 2.01. The Labute approximate surface area is 141 Å². The quantitative estimate of drug-likeness (QED) is 0.843. The average Bonchev–Trinajstić information content (AvgIpc) is 2.49. The zero-order valence-corrected chi connectivity index (χ0v) is 14.3. The van der Waals surface area contributed by atoms with Gasteiger partial charge in [0.25, 0.3) is 0 Å². The maximum Gasteiger partial charge on any atom is 0.244 e. The van der Waals surface area contributed by atoms with E-state index >= 15 is 0 Å². The summed E-state index contributed by atoms with van der Waals surface area (Å²) in [6, 6.07) is 9.27. The van der Waals surface area contributed by atoms with Crippen molar-refractivity contribution in [1.29, 1.82) is 0 Å². The van der Waals surface area contributed by atoms with Crippen LogP contribution in [0, 0.1) is 5.41 Å². The van der Waals surface area contributed by atoms with Gasteiger partial charge in [0, 0.05) is 23.0 Å². The smallest absolute Gasteiger partial charge is 0.244 e. The van der Waals surface area contributed by atoms with Crippen molar-refractivity contribution in [3.63, 3.8) is 0 Å². The predicted octanol–water partition coefficient (Wildman–Crippen LogP) is 3.42. The number of amides is 1. The highest BCUT2D eigenvalue weighted by atomic mass is 35.5. The Morgan fingerprint density at radius 2 is 2.04 bits per heavy atom. The zero-order valence-electron chi connectivity index (χ0n) is 13.5. The van der Waals surface area contributed by atoms with Crippen LogP contribution in [-0.2, 0) is 4.79 Å². The number of aliphatic hydroxyl groups is 1. The molecule has 4 nitrogen and oxygen atoms in total. The molecule has 0 spiro atoms. The van der Waals surface area contributed by atoms with Gasteiger partial charge in [-0.15, -0.1) is 0 Å². The van der Waals surface area contributed by atoms with E-state index in [0.29, 0.717) is 10.7 Å². The molecule has 1 aromatic carbocycles. The van der Waals surface area contributed by atoms with Crippen molar-refractivity contribution in [3.05, 3.63) is 47.1 Å². The fraction of sp³-hybridized carbons (Fsp3) is 0.333. The van der Waals surface area contributed by atoms with Gasteiger partial charge in [0.05, 0.1) is 17.3 Å². The molecule has 23 heavy (non-hydrogen) atoms. The van der Waals surface area contributed by atoms with E-state index in [0.717, 1.165) is 10.9 Å². The summed E-state index contributed by atoms with van der Waals surface area (Å²) < 4.78 is 0. The van der Waals surface area contributed by atoms with Crippen molar-refractivity contribution in [2.24, 2.45) is 5.41 Å². The second-order valence-corrected chi connectivity index (χ2v) is 6.97. The van der Waals surface area contributed by atoms with Crippen LogP contribution in [0.1, 0.15) is 26.5 Å². The third-order valence-corrected chi connectivity index (χ3v) is 3.79. The fourth-order valence-corrected chi connectivity index (χ4v) is 2.09. The molecule has 0 fully saturated rings. The largest absolute Gasteiger partial charge is 0.391 e. The molecule has 0 aliphatic carbocycles. The first-order valence-corrected chi connectivity index (χ1v) is 7.84. The minimum Gasteiger partial charge on any atom is -0.391 e. The molecule has 1 unspecified atom stereocenters. The molecule has 2 N–H and O–H groups in total. The highest BCUT2D eigenvalue weighted by Crippen LogP contribution is 2.19. The molecule has 122 valence electrons. The summed E-state index contributed by atoms with van der Waals surface area (Å²) in [5.74, 6) is -0.263. The minimum absolute atomic E-state index is 0.216. The molecular weight excluding hydrogens is 312 g/mol. The predicted molar refractivity (Wildman–Crippen MR) is 94.3 cm³/mol. The molecule has 2 aromatic rings. The van der Waals surface area contributed by atoms with E-state index in [9.17, 15) is 9.90 Å². The van der Waals surface area contributed by atoms with Crippen molar-refractivity contribution in [2.75, 3.05) is 6.54 Å². The third kappa shape index (κ3) is 5.05. The molecule has 0 saturated heterocycles. The standard InChI is InChI=1S/C18H21ClN2O2/c1-18(2,3)16(22)11-20-17(23)9-8-14-7-5-12-4-6-13(19)10-15(12)21-14/h4-10,16,22H,11H2,1-3H3,(H,20,23)/b9-8+. The topological polar surface area (TPSA) is 62.2 Å². The Kier molecular flexibility index (Phi) is 5.39. The Bertz CT molecular complexity index is 735. The summed E-state index contributed by atoms with van der Waals surface area (Å²) in [4.78, 5) is 16.2. The van der Waals surface area contributed by atoms with Gasteiger partial charge in [0.15, 0.2) is 0 Å². The highest BCUT2D eigenvalue weighted by Gasteiger charge is 2.21. The van der Waals surface area contributed by atoms with E-state index in [1.807, 2.05) is 45.0 Å². The SMILES string of the molecule is CC(C)(C)C(O)CNC(=O)/C=C/c1ccc2ccc(Cl)cc2n1. The number of fused-ring (bicyclic) bond motifs is 1. The van der Waals surface area contributed by atoms with Gasteiger partial charge in [0.2, 0.25) is 5.91 Å². The van der Waals surface area contributed by atoms with Crippen molar-refractivity contribution in [1.82, 2.24) is 10.3 Å². The van der Waals surface area contributed by atoms with Gasteiger partial charge < -0.3 is 10.4 Å². The molecule has 0 radical (unpaired) electrons. The third-order valence-electron chi connectivity index (χ3n) is 3.55. The van der Waals surface area contributed by atoms with Crippen LogP contribution in [0.5, 0.6) is 0 Å². The van der Waals surface area contributed by atoms with Crippen LogP contribution in [0.4, 0.5) is 0 Å². The first-order chi connectivity index (χ1) is 10.8. The summed E-state index contributed by atoms with van der Waals surface area (Å²) in [6.07, 6.45) is 2.45. The summed E-state index contributed by atoms with van der Waals surface area (Å²) in [5.41, 5.74) is 1.19. The summed E-state index contributed by atoms with van der Waals surface area (Å²) in [5, 5.41) is 14.2. The second-order valence-electron chi connectivity index (χ2n) is 6.53.